The molecule has 2 N–H and O–H groups in total. The van der Waals surface area contributed by atoms with Gasteiger partial charge in [-0.15, -0.1) is 0 Å². The van der Waals surface area contributed by atoms with Gasteiger partial charge in [0.2, 0.25) is 0 Å². The lowest BCUT2D eigenvalue weighted by atomic mass is 10.1. The summed E-state index contributed by atoms with van der Waals surface area (Å²) in [5.74, 6) is 0. The lowest BCUT2D eigenvalue weighted by Gasteiger charge is -2.32. The van der Waals surface area contributed by atoms with Crippen molar-refractivity contribution in [2.75, 3.05) is 39.4 Å². The fourth-order valence-electron chi connectivity index (χ4n) is 3.28. The number of hydrogen-bond acceptors (Lipinski definition) is 4. The quantitative estimate of drug-likeness (QED) is 0.848. The number of benzene rings is 1. The van der Waals surface area contributed by atoms with E-state index in [1.807, 2.05) is 12.1 Å². The van der Waals surface area contributed by atoms with Crippen molar-refractivity contribution in [3.63, 3.8) is 0 Å². The predicted octanol–water partition coefficient (Wildman–Crippen LogP) is 1.23. The summed E-state index contributed by atoms with van der Waals surface area (Å²) in [4.78, 5) is 5.58. The summed E-state index contributed by atoms with van der Waals surface area (Å²) >= 11 is 5.05. The van der Waals surface area contributed by atoms with E-state index in [4.69, 9.17) is 22.7 Å². The first-order valence-electron chi connectivity index (χ1n) is 7.65. The van der Waals surface area contributed by atoms with Crippen LogP contribution in [0.3, 0.4) is 0 Å². The van der Waals surface area contributed by atoms with Gasteiger partial charge in [-0.05, 0) is 18.1 Å². The van der Waals surface area contributed by atoms with Crippen LogP contribution in [0.15, 0.2) is 24.3 Å². The molecular formula is C16H23N3OS. The van der Waals surface area contributed by atoms with E-state index in [0.29, 0.717) is 11.0 Å². The van der Waals surface area contributed by atoms with E-state index in [9.17, 15) is 0 Å². The number of hydrogen-bond donors (Lipinski definition) is 1. The maximum atomic E-state index is 5.71. The van der Waals surface area contributed by atoms with E-state index in [1.54, 1.807) is 0 Å². The van der Waals surface area contributed by atoms with Crippen LogP contribution in [-0.4, -0.2) is 60.2 Å². The molecule has 2 aliphatic heterocycles. The Kier molecular flexibility index (Phi) is 4.85. The van der Waals surface area contributed by atoms with E-state index in [0.717, 1.165) is 45.0 Å². The van der Waals surface area contributed by atoms with Crippen LogP contribution in [-0.2, 0) is 11.3 Å². The van der Waals surface area contributed by atoms with Crippen molar-refractivity contribution in [2.24, 2.45) is 5.73 Å². The molecule has 0 bridgehead atoms. The molecule has 1 aromatic carbocycles. The van der Waals surface area contributed by atoms with Crippen molar-refractivity contribution in [1.29, 1.82) is 0 Å². The smallest absolute Gasteiger partial charge is 0.103 e. The first kappa shape index (κ1) is 14.9. The molecule has 1 unspecified atom stereocenters. The van der Waals surface area contributed by atoms with Gasteiger partial charge >= 0.3 is 0 Å². The highest BCUT2D eigenvalue weighted by Gasteiger charge is 2.28. The zero-order chi connectivity index (χ0) is 14.7. The van der Waals surface area contributed by atoms with Gasteiger partial charge in [0.25, 0.3) is 0 Å². The summed E-state index contributed by atoms with van der Waals surface area (Å²) < 4.78 is 5.44. The summed E-state index contributed by atoms with van der Waals surface area (Å²) in [7, 11) is 0. The highest BCUT2D eigenvalue weighted by Crippen LogP contribution is 2.19. The normalized spacial score (nSPS) is 24.3. The number of rotatable bonds is 4. The molecular weight excluding hydrogens is 282 g/mol. The SMILES string of the molecule is NC(=S)c1cccc(CN2CCC(N3CCOCC3)C2)c1. The fraction of sp³-hybridized carbons (Fsp3) is 0.562. The van der Waals surface area contributed by atoms with Gasteiger partial charge in [0.05, 0.1) is 13.2 Å². The number of nitrogens with zero attached hydrogens (tertiary/aromatic N) is 2. The molecule has 2 heterocycles. The van der Waals surface area contributed by atoms with Gasteiger partial charge in [-0.1, -0.05) is 30.4 Å². The largest absolute Gasteiger partial charge is 0.389 e. The van der Waals surface area contributed by atoms with E-state index in [-0.39, 0.29) is 0 Å². The van der Waals surface area contributed by atoms with Gasteiger partial charge in [0, 0.05) is 44.3 Å². The van der Waals surface area contributed by atoms with Gasteiger partial charge < -0.3 is 10.5 Å². The molecule has 0 amide bonds. The minimum absolute atomic E-state index is 0.476. The highest BCUT2D eigenvalue weighted by atomic mass is 32.1. The lowest BCUT2D eigenvalue weighted by Crippen LogP contribution is -2.44. The fourth-order valence-corrected chi connectivity index (χ4v) is 3.40. The van der Waals surface area contributed by atoms with Crippen LogP contribution in [0, 0.1) is 0 Å². The summed E-state index contributed by atoms with van der Waals surface area (Å²) in [6, 6.07) is 8.98. The summed E-state index contributed by atoms with van der Waals surface area (Å²) in [5.41, 5.74) is 7.97. The Balaban J connectivity index is 1.56. The van der Waals surface area contributed by atoms with Crippen molar-refractivity contribution >= 4 is 17.2 Å². The average molecular weight is 305 g/mol. The third-order valence-corrected chi connectivity index (χ3v) is 4.66. The second kappa shape index (κ2) is 6.83. The van der Waals surface area contributed by atoms with Crippen molar-refractivity contribution < 1.29 is 4.74 Å². The molecule has 0 aromatic heterocycles. The molecule has 1 atom stereocenters. The Labute approximate surface area is 131 Å². The number of nitrogens with two attached hydrogens (primary N) is 1. The molecule has 3 rings (SSSR count). The van der Waals surface area contributed by atoms with Crippen molar-refractivity contribution in [1.82, 2.24) is 9.80 Å². The van der Waals surface area contributed by atoms with Crippen LogP contribution in [0.4, 0.5) is 0 Å². The number of thiocarbonyl (C=S) groups is 1. The van der Waals surface area contributed by atoms with E-state index < -0.39 is 0 Å². The maximum Gasteiger partial charge on any atom is 0.103 e. The Morgan fingerprint density at radius 3 is 2.86 bits per heavy atom. The molecule has 5 heteroatoms. The summed E-state index contributed by atoms with van der Waals surface area (Å²) in [5, 5.41) is 0. The second-order valence-corrected chi connectivity index (χ2v) is 6.33. The number of ether oxygens (including phenoxy) is 1. The van der Waals surface area contributed by atoms with Gasteiger partial charge in [-0.25, -0.2) is 0 Å². The Morgan fingerprint density at radius 1 is 1.29 bits per heavy atom. The molecule has 2 saturated heterocycles. The first-order chi connectivity index (χ1) is 10.2. The van der Waals surface area contributed by atoms with Crippen LogP contribution in [0.2, 0.25) is 0 Å². The monoisotopic (exact) mass is 305 g/mol. The third kappa shape index (κ3) is 3.80. The zero-order valence-corrected chi connectivity index (χ0v) is 13.1. The van der Waals surface area contributed by atoms with Crippen molar-refractivity contribution in [3.05, 3.63) is 35.4 Å². The Bertz CT molecular complexity index is 502. The summed E-state index contributed by atoms with van der Waals surface area (Å²) in [6.07, 6.45) is 1.26. The van der Waals surface area contributed by atoms with Gasteiger partial charge in [0.1, 0.15) is 4.99 Å². The van der Waals surface area contributed by atoms with Crippen molar-refractivity contribution in [3.8, 4) is 0 Å². The van der Waals surface area contributed by atoms with E-state index in [2.05, 4.69) is 21.9 Å². The summed E-state index contributed by atoms with van der Waals surface area (Å²) in [6.45, 7) is 7.22. The van der Waals surface area contributed by atoms with E-state index >= 15 is 0 Å². The van der Waals surface area contributed by atoms with Gasteiger partial charge in [-0.3, -0.25) is 9.80 Å². The first-order valence-corrected chi connectivity index (χ1v) is 8.06. The third-order valence-electron chi connectivity index (χ3n) is 4.43. The van der Waals surface area contributed by atoms with Crippen LogP contribution in [0.25, 0.3) is 0 Å². The lowest BCUT2D eigenvalue weighted by molar-refractivity contribution is 0.0184. The van der Waals surface area contributed by atoms with Crippen molar-refractivity contribution in [2.45, 2.75) is 19.0 Å². The molecule has 21 heavy (non-hydrogen) atoms. The molecule has 2 aliphatic rings. The van der Waals surface area contributed by atoms with Gasteiger partial charge in [0.15, 0.2) is 0 Å². The maximum absolute atomic E-state index is 5.71. The number of likely N-dealkylation sites (tertiary alicyclic amines) is 1. The second-order valence-electron chi connectivity index (χ2n) is 5.89. The molecule has 0 spiro atoms. The molecule has 0 aliphatic carbocycles. The minimum Gasteiger partial charge on any atom is -0.389 e. The highest BCUT2D eigenvalue weighted by molar-refractivity contribution is 7.80. The molecule has 4 nitrogen and oxygen atoms in total. The predicted molar refractivity (Wildman–Crippen MR) is 88.4 cm³/mol. The van der Waals surface area contributed by atoms with Gasteiger partial charge in [-0.2, -0.15) is 0 Å². The average Bonchev–Trinajstić information content (AvgIpc) is 2.97. The molecule has 0 saturated carbocycles. The topological polar surface area (TPSA) is 41.7 Å². The molecule has 2 fully saturated rings. The number of morpholine rings is 1. The Hall–Kier alpha value is -1.01. The molecule has 1 aromatic rings. The van der Waals surface area contributed by atoms with Crippen LogP contribution in [0.5, 0.6) is 0 Å². The molecule has 114 valence electrons. The van der Waals surface area contributed by atoms with E-state index in [1.165, 1.54) is 18.5 Å². The molecule has 0 radical (unpaired) electrons. The minimum atomic E-state index is 0.476. The standard InChI is InChI=1S/C16H23N3OS/c17-16(21)14-3-1-2-13(10-14)11-18-5-4-15(12-18)19-6-8-20-9-7-19/h1-3,10,15H,4-9,11-12H2,(H2,17,21). The Morgan fingerprint density at radius 2 is 2.10 bits per heavy atom. The van der Waals surface area contributed by atoms with Crippen LogP contribution >= 0.6 is 12.2 Å². The van der Waals surface area contributed by atoms with Crippen LogP contribution in [0.1, 0.15) is 17.5 Å². The van der Waals surface area contributed by atoms with Crippen LogP contribution < -0.4 is 5.73 Å². The zero-order valence-electron chi connectivity index (χ0n) is 12.3.